The quantitative estimate of drug-likeness (QED) is 0.375. The molecule has 0 saturated heterocycles. The maximum atomic E-state index is 5.35. The molecule has 2 radical (unpaired) electrons. The molecule has 50 valence electrons. The summed E-state index contributed by atoms with van der Waals surface area (Å²) in [6, 6.07) is 0. The number of hydrogen-bond acceptors (Lipinski definition) is 1. The standard InChI is InChI=1S/C4H11N.2HI.Pb/c1-4(2,3)5;;;/h5H2,1-3H3;2*1H;/q;;;+2/p-2. The molecule has 0 aromatic rings. The van der Waals surface area contributed by atoms with Crippen LogP contribution in [0.25, 0.3) is 0 Å². The fourth-order valence-corrected chi connectivity index (χ4v) is 0. The van der Waals surface area contributed by atoms with Gasteiger partial charge in [-0.25, -0.2) is 0 Å². The zero-order valence-electron chi connectivity index (χ0n) is 5.33. The molecule has 0 amide bonds. The Bertz CT molecular complexity index is 37.8. The van der Waals surface area contributed by atoms with Gasteiger partial charge in [0.15, 0.2) is 0 Å². The van der Waals surface area contributed by atoms with Gasteiger partial charge in [-0.2, -0.15) is 0 Å². The number of nitrogens with two attached hydrogens (primary N) is 1. The zero-order valence-corrected chi connectivity index (χ0v) is 13.5. The van der Waals surface area contributed by atoms with Crippen molar-refractivity contribution in [2.45, 2.75) is 26.3 Å². The van der Waals surface area contributed by atoms with Gasteiger partial charge in [0.1, 0.15) is 0 Å². The van der Waals surface area contributed by atoms with Crippen molar-refractivity contribution in [3.05, 3.63) is 0 Å². The van der Waals surface area contributed by atoms with E-state index < -0.39 is 0 Å². The second-order valence-corrected chi connectivity index (χ2v) is 30.6. The normalized spacial score (nSPS) is 9.75. The summed E-state index contributed by atoms with van der Waals surface area (Å²) in [5.74, 6) is 0. The van der Waals surface area contributed by atoms with Gasteiger partial charge in [-0.05, 0) is 20.8 Å². The summed E-state index contributed by atoms with van der Waals surface area (Å²) in [4.78, 5) is 0. The Hall–Kier alpha value is 2.34. The first kappa shape index (κ1) is 13.0. The summed E-state index contributed by atoms with van der Waals surface area (Å²) in [5, 5.41) is 0. The van der Waals surface area contributed by atoms with Crippen molar-refractivity contribution in [2.24, 2.45) is 5.73 Å². The van der Waals surface area contributed by atoms with Crippen LogP contribution in [0.4, 0.5) is 0 Å². The van der Waals surface area contributed by atoms with E-state index in [1.165, 1.54) is 0 Å². The molecule has 8 heavy (non-hydrogen) atoms. The minimum absolute atomic E-state index is 0. The predicted molar refractivity (Wildman–Crippen MR) is 57.7 cm³/mol. The minimum atomic E-state index is 0. The molecule has 0 spiro atoms. The molecule has 0 aliphatic carbocycles. The predicted octanol–water partition coefficient (Wildman–Crippen LogP) is 2.13. The average molecular weight is 534 g/mol. The van der Waals surface area contributed by atoms with Crippen molar-refractivity contribution in [3.8, 4) is 0 Å². The summed E-state index contributed by atoms with van der Waals surface area (Å²) in [5.41, 5.74) is 5.35. The molecule has 0 atom stereocenters. The molecule has 4 heteroatoms. The second-order valence-electron chi connectivity index (χ2n) is 2.44. The van der Waals surface area contributed by atoms with Crippen LogP contribution in [0.1, 0.15) is 20.8 Å². The van der Waals surface area contributed by atoms with E-state index >= 15 is 0 Å². The van der Waals surface area contributed by atoms with Crippen LogP contribution in [-0.4, -0.2) is 21.2 Å². The van der Waals surface area contributed by atoms with Crippen LogP contribution in [-0.2, 0) is 0 Å². The van der Waals surface area contributed by atoms with Gasteiger partial charge in [0.05, 0.1) is 0 Å². The number of hydrogen-bond donors (Lipinski definition) is 1. The Morgan fingerprint density at radius 1 is 1.25 bits per heavy atom. The zero-order chi connectivity index (χ0) is 7.21. The van der Waals surface area contributed by atoms with Gasteiger partial charge in [-0.3, -0.25) is 0 Å². The van der Waals surface area contributed by atoms with Crippen molar-refractivity contribution < 1.29 is 0 Å². The van der Waals surface area contributed by atoms with Crippen LogP contribution >= 0.6 is 35.5 Å². The van der Waals surface area contributed by atoms with Gasteiger partial charge in [0.25, 0.3) is 0 Å². The van der Waals surface area contributed by atoms with E-state index in [-0.39, 0.29) is 21.2 Å². The Labute approximate surface area is 81.7 Å². The maximum absolute atomic E-state index is 5.35. The summed E-state index contributed by atoms with van der Waals surface area (Å²) in [6.07, 6.45) is 0. The Kier molecular flexibility index (Phi) is 12.1. The topological polar surface area (TPSA) is 26.0 Å². The Morgan fingerprint density at radius 3 is 1.25 bits per heavy atom. The van der Waals surface area contributed by atoms with Crippen LogP contribution in [0, 0.1) is 0 Å². The van der Waals surface area contributed by atoms with Crippen molar-refractivity contribution >= 4 is 51.2 Å². The third kappa shape index (κ3) is 82.0. The second kappa shape index (κ2) is 7.45. The average Bonchev–Trinajstić information content (AvgIpc) is 1.27. The van der Waals surface area contributed by atoms with E-state index in [9.17, 15) is 0 Å². The van der Waals surface area contributed by atoms with Crippen LogP contribution in [0.5, 0.6) is 0 Å². The molecular formula is C4H11I2NPb. The van der Waals surface area contributed by atoms with Crippen molar-refractivity contribution in [3.63, 3.8) is 0 Å². The molecule has 0 aliphatic rings. The van der Waals surface area contributed by atoms with Gasteiger partial charge in [0.2, 0.25) is 0 Å². The molecule has 0 saturated carbocycles. The molecule has 1 nitrogen and oxygen atoms in total. The van der Waals surface area contributed by atoms with Crippen LogP contribution in [0.2, 0.25) is 0 Å². The van der Waals surface area contributed by atoms with Gasteiger partial charge in [-0.1, -0.05) is 0 Å². The Balaban J connectivity index is 0. The first-order chi connectivity index (χ1) is 3.41. The van der Waals surface area contributed by atoms with Crippen LogP contribution in [0.3, 0.4) is 0 Å². The molecule has 0 rings (SSSR count). The molecule has 0 heterocycles. The SMILES string of the molecule is CC(C)(C)N.[I][Pb][I]. The van der Waals surface area contributed by atoms with Gasteiger partial charge < -0.3 is 5.73 Å². The van der Waals surface area contributed by atoms with Gasteiger partial charge in [0, 0.05) is 5.54 Å². The van der Waals surface area contributed by atoms with Crippen molar-refractivity contribution in [2.75, 3.05) is 0 Å². The monoisotopic (exact) mass is 535 g/mol. The van der Waals surface area contributed by atoms with E-state index in [1.54, 1.807) is 0 Å². The molecule has 2 N–H and O–H groups in total. The van der Waals surface area contributed by atoms with Crippen LogP contribution in [0.15, 0.2) is 0 Å². The molecule has 0 unspecified atom stereocenters. The number of rotatable bonds is 0. The van der Waals surface area contributed by atoms with E-state index in [1.807, 2.05) is 20.8 Å². The summed E-state index contributed by atoms with van der Waals surface area (Å²) in [6.45, 7) is 5.90. The summed E-state index contributed by atoms with van der Waals surface area (Å²) >= 11 is 4.96. The van der Waals surface area contributed by atoms with Gasteiger partial charge in [-0.15, -0.1) is 0 Å². The van der Waals surface area contributed by atoms with E-state index in [0.29, 0.717) is 0 Å². The molecule has 0 bridgehead atoms. The Morgan fingerprint density at radius 2 is 1.25 bits per heavy atom. The third-order valence-electron chi connectivity index (χ3n) is 0. The van der Waals surface area contributed by atoms with E-state index in [0.717, 1.165) is 0 Å². The van der Waals surface area contributed by atoms with Crippen LogP contribution < -0.4 is 5.73 Å². The molecule has 0 fully saturated rings. The van der Waals surface area contributed by atoms with Crippen molar-refractivity contribution in [1.82, 2.24) is 0 Å². The third-order valence-corrected chi connectivity index (χ3v) is 0. The summed E-state index contributed by atoms with van der Waals surface area (Å²) < 4.78 is 0. The first-order valence-corrected chi connectivity index (χ1v) is 24.0. The fraction of sp³-hybridized carbons (Fsp3) is 1.00. The van der Waals surface area contributed by atoms with E-state index in [4.69, 9.17) is 5.73 Å². The summed E-state index contributed by atoms with van der Waals surface area (Å²) in [7, 11) is 0. The van der Waals surface area contributed by atoms with E-state index in [2.05, 4.69) is 35.5 Å². The molecule has 0 aromatic carbocycles. The molecule has 0 aliphatic heterocycles. The number of halogens is 2. The fourth-order valence-electron chi connectivity index (χ4n) is 0. The van der Waals surface area contributed by atoms with Gasteiger partial charge >= 0.3 is 51.2 Å². The molecule has 0 aromatic heterocycles. The van der Waals surface area contributed by atoms with Crippen molar-refractivity contribution in [1.29, 1.82) is 0 Å². The molecular weight excluding hydrogens is 523 g/mol. The first-order valence-electron chi connectivity index (χ1n) is 2.17.